The van der Waals surface area contributed by atoms with Gasteiger partial charge in [-0.15, -0.1) is 0 Å². The van der Waals surface area contributed by atoms with E-state index in [0.717, 1.165) is 75.5 Å². The maximum Gasteiger partial charge on any atom is 0.306 e. The molecule has 0 aromatic rings. The Morgan fingerprint density at radius 1 is 0.308 bits per heavy atom. The lowest BCUT2D eigenvalue weighted by atomic mass is 9.99. The summed E-state index contributed by atoms with van der Waals surface area (Å²) in [5.74, 6) is 1.68. The fraction of sp³-hybridized carbons (Fsp3) is 0.949. The second kappa shape index (κ2) is 50.3. The minimum atomic E-state index is -0.764. The summed E-state index contributed by atoms with van der Waals surface area (Å²) in [7, 11) is 0. The van der Waals surface area contributed by atoms with Gasteiger partial charge in [-0.1, -0.05) is 286 Å². The Morgan fingerprint density at radius 3 is 0.800 bits per heavy atom. The van der Waals surface area contributed by atoms with E-state index in [1.165, 1.54) is 205 Å². The molecule has 0 radical (unpaired) electrons. The summed E-state index contributed by atoms with van der Waals surface area (Å²) in [5, 5.41) is 0. The summed E-state index contributed by atoms with van der Waals surface area (Å²) in [6, 6.07) is 0. The quantitative estimate of drug-likeness (QED) is 0.0344. The summed E-state index contributed by atoms with van der Waals surface area (Å²) in [5.41, 5.74) is 0. The molecule has 6 heteroatoms. The van der Waals surface area contributed by atoms with Crippen LogP contribution in [0.3, 0.4) is 0 Å². The highest BCUT2D eigenvalue weighted by atomic mass is 16.6. The molecule has 6 nitrogen and oxygen atoms in total. The predicted octanol–water partition coefficient (Wildman–Crippen LogP) is 19.1. The van der Waals surface area contributed by atoms with Crippen molar-refractivity contribution in [3.05, 3.63) is 0 Å². The maximum absolute atomic E-state index is 12.8. The van der Waals surface area contributed by atoms with Crippen LogP contribution in [0.4, 0.5) is 0 Å². The SMILES string of the molecule is CCC(C)CCCCCCCCCCCCCCCCC(=O)OC[C@@H](COC(=O)CCCCCCCCCCCCCCCCCCC(C)C)OC(=O)CCCCCCCCCC(C)C. The van der Waals surface area contributed by atoms with Gasteiger partial charge < -0.3 is 14.2 Å². The molecule has 0 aromatic heterocycles. The Morgan fingerprint density at radius 2 is 0.538 bits per heavy atom. The van der Waals surface area contributed by atoms with Crippen molar-refractivity contribution in [2.24, 2.45) is 17.8 Å². The van der Waals surface area contributed by atoms with Gasteiger partial charge >= 0.3 is 17.9 Å². The van der Waals surface area contributed by atoms with Crippen LogP contribution in [0.5, 0.6) is 0 Å². The Labute approximate surface area is 406 Å². The smallest absolute Gasteiger partial charge is 0.306 e. The van der Waals surface area contributed by atoms with E-state index >= 15 is 0 Å². The third-order valence-electron chi connectivity index (χ3n) is 13.8. The lowest BCUT2D eigenvalue weighted by Crippen LogP contribution is -2.30. The molecule has 0 aliphatic rings. The first-order valence-corrected chi connectivity index (χ1v) is 29.1. The van der Waals surface area contributed by atoms with Gasteiger partial charge in [-0.25, -0.2) is 0 Å². The van der Waals surface area contributed by atoms with E-state index in [2.05, 4.69) is 41.5 Å². The molecule has 2 atom stereocenters. The molecule has 386 valence electrons. The monoisotopic (exact) mass is 919 g/mol. The zero-order chi connectivity index (χ0) is 47.7. The fourth-order valence-corrected chi connectivity index (χ4v) is 8.97. The number of carbonyl (C=O) groups excluding carboxylic acids is 3. The summed E-state index contributed by atoms with van der Waals surface area (Å²) in [6.07, 6.45) is 52.4. The van der Waals surface area contributed by atoms with Crippen LogP contribution in [0, 0.1) is 17.8 Å². The molecule has 0 saturated carbocycles. The van der Waals surface area contributed by atoms with Crippen molar-refractivity contribution in [3.63, 3.8) is 0 Å². The zero-order valence-electron chi connectivity index (χ0n) is 44.8. The molecule has 1 unspecified atom stereocenters. The predicted molar refractivity (Wildman–Crippen MR) is 279 cm³/mol. The number of hydrogen-bond donors (Lipinski definition) is 0. The summed E-state index contributed by atoms with van der Waals surface area (Å²) in [6.45, 7) is 13.8. The number of ether oxygens (including phenoxy) is 3. The standard InChI is InChI=1S/C59H114O6/c1-7-55(6)47-41-35-29-23-19-15-12-13-17-21-25-31-37-43-49-58(61)64-52-56(65-59(62)50-44-38-32-26-28-34-40-46-54(4)5)51-63-57(60)48-42-36-30-24-20-16-11-9-8-10-14-18-22-27-33-39-45-53(2)3/h53-56H,7-52H2,1-6H3/t55?,56-/m1/s1. The van der Waals surface area contributed by atoms with E-state index in [1.807, 2.05) is 0 Å². The molecule has 65 heavy (non-hydrogen) atoms. The molecular formula is C59H114O6. The Hall–Kier alpha value is -1.59. The summed E-state index contributed by atoms with van der Waals surface area (Å²) >= 11 is 0. The van der Waals surface area contributed by atoms with Crippen LogP contribution < -0.4 is 0 Å². The highest BCUT2D eigenvalue weighted by molar-refractivity contribution is 5.71. The Balaban J connectivity index is 4.21. The van der Waals surface area contributed by atoms with E-state index in [-0.39, 0.29) is 31.1 Å². The topological polar surface area (TPSA) is 78.9 Å². The van der Waals surface area contributed by atoms with Crippen molar-refractivity contribution >= 4 is 17.9 Å². The van der Waals surface area contributed by atoms with Gasteiger partial charge in [0.1, 0.15) is 13.2 Å². The summed E-state index contributed by atoms with van der Waals surface area (Å²) in [4.78, 5) is 38.1. The number of unbranched alkanes of at least 4 members (excludes halogenated alkanes) is 34. The molecule has 0 aromatic carbocycles. The van der Waals surface area contributed by atoms with Crippen LogP contribution >= 0.6 is 0 Å². The number of carbonyl (C=O) groups is 3. The van der Waals surface area contributed by atoms with Crippen molar-refractivity contribution in [1.82, 2.24) is 0 Å². The highest BCUT2D eigenvalue weighted by Gasteiger charge is 2.19. The first-order chi connectivity index (χ1) is 31.6. The molecular weight excluding hydrogens is 805 g/mol. The van der Waals surface area contributed by atoms with Gasteiger partial charge in [0.2, 0.25) is 0 Å². The second-order valence-electron chi connectivity index (χ2n) is 21.5. The van der Waals surface area contributed by atoms with Crippen LogP contribution in [0.2, 0.25) is 0 Å². The molecule has 0 spiro atoms. The minimum absolute atomic E-state index is 0.0643. The first-order valence-electron chi connectivity index (χ1n) is 29.1. The highest BCUT2D eigenvalue weighted by Crippen LogP contribution is 2.19. The molecule has 0 fully saturated rings. The van der Waals surface area contributed by atoms with E-state index < -0.39 is 6.10 Å². The van der Waals surface area contributed by atoms with Crippen LogP contribution in [0.1, 0.15) is 324 Å². The van der Waals surface area contributed by atoms with Crippen LogP contribution in [0.25, 0.3) is 0 Å². The van der Waals surface area contributed by atoms with Gasteiger partial charge in [-0.05, 0) is 37.0 Å². The molecule has 0 bridgehead atoms. The molecule has 0 N–H and O–H groups in total. The lowest BCUT2D eigenvalue weighted by molar-refractivity contribution is -0.167. The van der Waals surface area contributed by atoms with E-state index in [4.69, 9.17) is 14.2 Å². The van der Waals surface area contributed by atoms with E-state index in [1.54, 1.807) is 0 Å². The zero-order valence-corrected chi connectivity index (χ0v) is 44.8. The fourth-order valence-electron chi connectivity index (χ4n) is 8.97. The third kappa shape index (κ3) is 51.6. The first kappa shape index (κ1) is 63.4. The summed E-state index contributed by atoms with van der Waals surface area (Å²) < 4.78 is 16.9. The van der Waals surface area contributed by atoms with E-state index in [0.29, 0.717) is 19.3 Å². The van der Waals surface area contributed by atoms with Crippen LogP contribution in [-0.2, 0) is 28.6 Å². The third-order valence-corrected chi connectivity index (χ3v) is 13.8. The lowest BCUT2D eigenvalue weighted by Gasteiger charge is -2.18. The number of esters is 3. The van der Waals surface area contributed by atoms with Crippen molar-refractivity contribution in [2.45, 2.75) is 330 Å². The Kier molecular flexibility index (Phi) is 49.1. The largest absolute Gasteiger partial charge is 0.462 e. The van der Waals surface area contributed by atoms with Gasteiger partial charge in [0.05, 0.1) is 0 Å². The number of hydrogen-bond acceptors (Lipinski definition) is 6. The number of rotatable bonds is 52. The van der Waals surface area contributed by atoms with Crippen LogP contribution in [-0.4, -0.2) is 37.2 Å². The van der Waals surface area contributed by atoms with Crippen molar-refractivity contribution in [1.29, 1.82) is 0 Å². The second-order valence-corrected chi connectivity index (χ2v) is 21.5. The average molecular weight is 920 g/mol. The van der Waals surface area contributed by atoms with Crippen LogP contribution in [0.15, 0.2) is 0 Å². The van der Waals surface area contributed by atoms with Gasteiger partial charge in [0.15, 0.2) is 6.10 Å². The average Bonchev–Trinajstić information content (AvgIpc) is 3.28. The van der Waals surface area contributed by atoms with Gasteiger partial charge in [-0.3, -0.25) is 14.4 Å². The molecule has 0 rings (SSSR count). The van der Waals surface area contributed by atoms with Crippen molar-refractivity contribution < 1.29 is 28.6 Å². The van der Waals surface area contributed by atoms with Gasteiger partial charge in [-0.2, -0.15) is 0 Å². The Bertz CT molecular complexity index is 1010. The molecule has 0 aliphatic carbocycles. The van der Waals surface area contributed by atoms with Crippen molar-refractivity contribution in [3.8, 4) is 0 Å². The molecule has 0 heterocycles. The molecule has 0 saturated heterocycles. The van der Waals surface area contributed by atoms with Gasteiger partial charge in [0.25, 0.3) is 0 Å². The van der Waals surface area contributed by atoms with Crippen molar-refractivity contribution in [2.75, 3.05) is 13.2 Å². The maximum atomic E-state index is 12.8. The van der Waals surface area contributed by atoms with E-state index in [9.17, 15) is 14.4 Å². The minimum Gasteiger partial charge on any atom is -0.462 e. The molecule has 0 aliphatic heterocycles. The van der Waals surface area contributed by atoms with Gasteiger partial charge in [0, 0.05) is 19.3 Å². The normalized spacial score (nSPS) is 12.6. The molecule has 0 amide bonds.